The Kier molecular flexibility index (Phi) is 4.97. The van der Waals surface area contributed by atoms with E-state index < -0.39 is 11.7 Å². The summed E-state index contributed by atoms with van der Waals surface area (Å²) in [6.45, 7) is 0.975. The van der Waals surface area contributed by atoms with Crippen molar-refractivity contribution in [3.05, 3.63) is 47.0 Å². The minimum Gasteiger partial charge on any atom is -0.338 e. The van der Waals surface area contributed by atoms with Crippen molar-refractivity contribution in [3.8, 4) is 0 Å². The van der Waals surface area contributed by atoms with Gasteiger partial charge in [0.05, 0.1) is 5.56 Å². The van der Waals surface area contributed by atoms with Gasteiger partial charge >= 0.3 is 6.18 Å². The molecular formula is C19H20F3NO2. The van der Waals surface area contributed by atoms with Crippen molar-refractivity contribution in [1.82, 2.24) is 4.90 Å². The zero-order chi connectivity index (χ0) is 18.0. The molecule has 1 aromatic rings. The molecule has 1 heterocycles. The number of likely N-dealkylation sites (tertiary alicyclic amines) is 1. The fraction of sp³-hybridized carbons (Fsp3) is 0.474. The zero-order valence-corrected chi connectivity index (χ0v) is 13.8. The molecule has 3 nitrogen and oxygen atoms in total. The minimum absolute atomic E-state index is 0.00224. The standard InChI is InChI=1S/C19H20F3NO2/c20-19(21,22)16-9-7-13(8-10-16)17(24)15-6-3-11-23(12-15)18(25)14-4-1-2-5-14/h4,7-10,15H,1-3,5-6,11-12H2. The van der Waals surface area contributed by atoms with Crippen LogP contribution in [0.4, 0.5) is 13.2 Å². The first-order valence-electron chi connectivity index (χ1n) is 8.56. The van der Waals surface area contributed by atoms with E-state index in [1.165, 1.54) is 12.1 Å². The van der Waals surface area contributed by atoms with Crippen LogP contribution in [-0.4, -0.2) is 29.7 Å². The van der Waals surface area contributed by atoms with E-state index in [1.807, 2.05) is 6.08 Å². The van der Waals surface area contributed by atoms with Gasteiger partial charge in [0, 0.05) is 30.1 Å². The molecule has 3 rings (SSSR count). The summed E-state index contributed by atoms with van der Waals surface area (Å²) in [4.78, 5) is 26.8. The predicted molar refractivity (Wildman–Crippen MR) is 87.0 cm³/mol. The monoisotopic (exact) mass is 351 g/mol. The first kappa shape index (κ1) is 17.7. The van der Waals surface area contributed by atoms with E-state index in [-0.39, 0.29) is 23.2 Å². The van der Waals surface area contributed by atoms with Gasteiger partial charge in [-0.15, -0.1) is 0 Å². The van der Waals surface area contributed by atoms with Crippen molar-refractivity contribution < 1.29 is 22.8 Å². The van der Waals surface area contributed by atoms with Crippen molar-refractivity contribution in [2.75, 3.05) is 13.1 Å². The summed E-state index contributed by atoms with van der Waals surface area (Å²) < 4.78 is 37.9. The molecular weight excluding hydrogens is 331 g/mol. The maximum Gasteiger partial charge on any atom is 0.416 e. The summed E-state index contributed by atoms with van der Waals surface area (Å²) in [5.74, 6) is -0.537. The van der Waals surface area contributed by atoms with Gasteiger partial charge in [0.15, 0.2) is 5.78 Å². The molecule has 2 aliphatic rings. The highest BCUT2D eigenvalue weighted by atomic mass is 19.4. The molecule has 1 aliphatic heterocycles. The number of Topliss-reactive ketones (excluding diaryl/α,β-unsaturated/α-hetero) is 1. The summed E-state index contributed by atoms with van der Waals surface area (Å²) in [6.07, 6.45) is 1.63. The number of hydrogen-bond donors (Lipinski definition) is 0. The highest BCUT2D eigenvalue weighted by Gasteiger charge is 2.32. The number of ketones is 1. The number of halogens is 3. The summed E-state index contributed by atoms with van der Waals surface area (Å²) >= 11 is 0. The van der Waals surface area contributed by atoms with E-state index in [1.54, 1.807) is 4.90 Å². The van der Waals surface area contributed by atoms with Gasteiger partial charge in [0.25, 0.3) is 0 Å². The Morgan fingerprint density at radius 3 is 2.40 bits per heavy atom. The number of carbonyl (C=O) groups is 2. The van der Waals surface area contributed by atoms with E-state index in [2.05, 4.69) is 0 Å². The maximum atomic E-state index is 12.6. The lowest BCUT2D eigenvalue weighted by Gasteiger charge is -2.32. The largest absolute Gasteiger partial charge is 0.416 e. The first-order chi connectivity index (χ1) is 11.9. The lowest BCUT2D eigenvalue weighted by molar-refractivity contribution is -0.137. The molecule has 0 N–H and O–H groups in total. The summed E-state index contributed by atoms with van der Waals surface area (Å²) in [6, 6.07) is 4.32. The van der Waals surface area contributed by atoms with Crippen LogP contribution in [0.5, 0.6) is 0 Å². The Morgan fingerprint density at radius 2 is 1.80 bits per heavy atom. The lowest BCUT2D eigenvalue weighted by atomic mass is 9.89. The number of benzene rings is 1. The molecule has 134 valence electrons. The van der Waals surface area contributed by atoms with Crippen LogP contribution in [0.2, 0.25) is 0 Å². The molecule has 0 saturated carbocycles. The van der Waals surface area contributed by atoms with Crippen LogP contribution >= 0.6 is 0 Å². The number of allylic oxidation sites excluding steroid dienone is 1. The first-order valence-corrected chi connectivity index (χ1v) is 8.56. The van der Waals surface area contributed by atoms with E-state index in [4.69, 9.17) is 0 Å². The Bertz CT molecular complexity index is 692. The number of rotatable bonds is 3. The third-order valence-corrected chi connectivity index (χ3v) is 4.89. The maximum absolute atomic E-state index is 12.6. The molecule has 0 bridgehead atoms. The lowest BCUT2D eigenvalue weighted by Crippen LogP contribution is -2.42. The van der Waals surface area contributed by atoms with Gasteiger partial charge in [-0.05, 0) is 44.2 Å². The van der Waals surface area contributed by atoms with E-state index in [9.17, 15) is 22.8 Å². The van der Waals surface area contributed by atoms with Crippen molar-refractivity contribution in [2.45, 2.75) is 38.3 Å². The molecule has 1 fully saturated rings. The Balaban J connectivity index is 1.68. The van der Waals surface area contributed by atoms with Crippen LogP contribution in [0.15, 0.2) is 35.9 Å². The highest BCUT2D eigenvalue weighted by molar-refractivity contribution is 5.99. The molecule has 1 aliphatic carbocycles. The van der Waals surface area contributed by atoms with Crippen molar-refractivity contribution in [3.63, 3.8) is 0 Å². The SMILES string of the molecule is O=C(c1ccc(C(F)(F)F)cc1)C1CCCN(C(=O)C2=CCCC2)C1. The highest BCUT2D eigenvalue weighted by Crippen LogP contribution is 2.30. The Labute approximate surface area is 144 Å². The third kappa shape index (κ3) is 3.94. The second-order valence-electron chi connectivity index (χ2n) is 6.65. The second kappa shape index (κ2) is 7.02. The molecule has 1 atom stereocenters. The number of amides is 1. The van der Waals surface area contributed by atoms with Crippen molar-refractivity contribution in [2.24, 2.45) is 5.92 Å². The molecule has 0 aromatic heterocycles. The number of alkyl halides is 3. The molecule has 1 aromatic carbocycles. The number of piperidine rings is 1. The van der Waals surface area contributed by atoms with Crippen molar-refractivity contribution in [1.29, 1.82) is 0 Å². The second-order valence-corrected chi connectivity index (χ2v) is 6.65. The average Bonchev–Trinajstić information content (AvgIpc) is 3.14. The molecule has 0 spiro atoms. The summed E-state index contributed by atoms with van der Waals surface area (Å²) in [5.41, 5.74) is 0.327. The number of nitrogens with zero attached hydrogens (tertiary/aromatic N) is 1. The van der Waals surface area contributed by atoms with Crippen molar-refractivity contribution >= 4 is 11.7 Å². The Hall–Kier alpha value is -2.11. The summed E-state index contributed by atoms with van der Waals surface area (Å²) in [7, 11) is 0. The van der Waals surface area contributed by atoms with Gasteiger partial charge in [-0.3, -0.25) is 9.59 Å². The fourth-order valence-corrected chi connectivity index (χ4v) is 3.50. The van der Waals surface area contributed by atoms with Gasteiger partial charge in [0.1, 0.15) is 0 Å². The number of carbonyl (C=O) groups excluding carboxylic acids is 2. The normalized spacial score (nSPS) is 21.2. The zero-order valence-electron chi connectivity index (χ0n) is 13.8. The Morgan fingerprint density at radius 1 is 1.08 bits per heavy atom. The van der Waals surface area contributed by atoms with Gasteiger partial charge in [-0.25, -0.2) is 0 Å². The van der Waals surface area contributed by atoms with Crippen LogP contribution in [0, 0.1) is 5.92 Å². The fourth-order valence-electron chi connectivity index (χ4n) is 3.50. The molecule has 1 saturated heterocycles. The molecule has 1 amide bonds. The molecule has 6 heteroatoms. The minimum atomic E-state index is -4.41. The predicted octanol–water partition coefficient (Wildman–Crippen LogP) is 4.24. The number of hydrogen-bond acceptors (Lipinski definition) is 2. The van der Waals surface area contributed by atoms with Crippen LogP contribution < -0.4 is 0 Å². The molecule has 0 radical (unpaired) electrons. The van der Waals surface area contributed by atoms with E-state index in [0.717, 1.165) is 43.4 Å². The average molecular weight is 351 g/mol. The van der Waals surface area contributed by atoms with Gasteiger partial charge in [0.2, 0.25) is 5.91 Å². The molecule has 25 heavy (non-hydrogen) atoms. The third-order valence-electron chi connectivity index (χ3n) is 4.89. The quantitative estimate of drug-likeness (QED) is 0.764. The van der Waals surface area contributed by atoms with Gasteiger partial charge in [-0.1, -0.05) is 18.2 Å². The van der Waals surface area contributed by atoms with Crippen LogP contribution in [-0.2, 0) is 11.0 Å². The van der Waals surface area contributed by atoms with Crippen LogP contribution in [0.25, 0.3) is 0 Å². The van der Waals surface area contributed by atoms with Crippen LogP contribution in [0.3, 0.4) is 0 Å². The van der Waals surface area contributed by atoms with Crippen LogP contribution in [0.1, 0.15) is 48.0 Å². The smallest absolute Gasteiger partial charge is 0.338 e. The topological polar surface area (TPSA) is 37.4 Å². The van der Waals surface area contributed by atoms with E-state index in [0.29, 0.717) is 19.5 Å². The summed E-state index contributed by atoms with van der Waals surface area (Å²) in [5, 5.41) is 0. The van der Waals surface area contributed by atoms with Gasteiger partial charge in [-0.2, -0.15) is 13.2 Å². The van der Waals surface area contributed by atoms with E-state index >= 15 is 0 Å². The molecule has 1 unspecified atom stereocenters. The van der Waals surface area contributed by atoms with Gasteiger partial charge < -0.3 is 4.90 Å².